The van der Waals surface area contributed by atoms with Crippen LogP contribution < -0.4 is 4.90 Å². The van der Waals surface area contributed by atoms with Crippen LogP contribution in [0.1, 0.15) is 11.1 Å². The number of hydrogen-bond acceptors (Lipinski definition) is 3. The number of benzene rings is 2. The van der Waals surface area contributed by atoms with Crippen molar-refractivity contribution in [3.63, 3.8) is 0 Å². The molecule has 2 aromatic rings. The average Bonchev–Trinajstić information content (AvgIpc) is 2.48. The van der Waals surface area contributed by atoms with Gasteiger partial charge < -0.3 is 4.90 Å². The van der Waals surface area contributed by atoms with Gasteiger partial charge in [-0.05, 0) is 29.3 Å². The maximum absolute atomic E-state index is 10.8. The summed E-state index contributed by atoms with van der Waals surface area (Å²) < 4.78 is 0. The van der Waals surface area contributed by atoms with Crippen LogP contribution in [-0.4, -0.2) is 12.0 Å². The lowest BCUT2D eigenvalue weighted by atomic mass is 10.1. The molecule has 21 heavy (non-hydrogen) atoms. The molecule has 2 aromatic carbocycles. The first-order chi connectivity index (χ1) is 10.0. The van der Waals surface area contributed by atoms with Crippen molar-refractivity contribution in [1.29, 1.82) is 0 Å². The largest absolute Gasteiger partial charge is 0.370 e. The van der Waals surface area contributed by atoms with E-state index in [-0.39, 0.29) is 11.6 Å². The Morgan fingerprint density at radius 2 is 1.86 bits per heavy atom. The minimum absolute atomic E-state index is 0.0503. The average molecular weight is 325 g/mol. The molecular weight excluding hydrogens is 311 g/mol. The molecule has 110 valence electrons. The summed E-state index contributed by atoms with van der Waals surface area (Å²) in [5.41, 5.74) is 2.77. The Morgan fingerprint density at radius 3 is 2.43 bits per heavy atom. The van der Waals surface area contributed by atoms with Crippen LogP contribution in [0.4, 0.5) is 11.4 Å². The summed E-state index contributed by atoms with van der Waals surface area (Å²) in [5, 5.41) is 11.5. The molecule has 4 nitrogen and oxygen atoms in total. The van der Waals surface area contributed by atoms with Crippen LogP contribution in [0.15, 0.2) is 42.5 Å². The molecule has 0 saturated carbocycles. The first kappa shape index (κ1) is 15.6. The van der Waals surface area contributed by atoms with Crippen molar-refractivity contribution in [2.45, 2.75) is 12.4 Å². The zero-order valence-electron chi connectivity index (χ0n) is 11.4. The van der Waals surface area contributed by atoms with Crippen molar-refractivity contribution in [3.8, 4) is 0 Å². The predicted octanol–water partition coefficient (Wildman–Crippen LogP) is 4.62. The Hall–Kier alpha value is -1.78. The number of halogens is 2. The van der Waals surface area contributed by atoms with Gasteiger partial charge >= 0.3 is 0 Å². The second kappa shape index (κ2) is 6.78. The molecule has 2 rings (SSSR count). The molecule has 0 bridgehead atoms. The topological polar surface area (TPSA) is 46.4 Å². The zero-order chi connectivity index (χ0) is 15.4. The molecule has 6 heteroatoms. The van der Waals surface area contributed by atoms with Crippen LogP contribution in [0.2, 0.25) is 5.02 Å². The van der Waals surface area contributed by atoms with Gasteiger partial charge in [-0.1, -0.05) is 23.7 Å². The number of hydrogen-bond donors (Lipinski definition) is 0. The second-order valence-corrected chi connectivity index (χ2v) is 5.39. The summed E-state index contributed by atoms with van der Waals surface area (Å²) in [6.45, 7) is 0.666. The maximum Gasteiger partial charge on any atom is 0.269 e. The molecule has 0 saturated heterocycles. The van der Waals surface area contributed by atoms with Crippen LogP contribution in [0.5, 0.6) is 0 Å². The van der Waals surface area contributed by atoms with Crippen LogP contribution in [0.3, 0.4) is 0 Å². The Labute approximate surface area is 133 Å². The van der Waals surface area contributed by atoms with Crippen molar-refractivity contribution in [1.82, 2.24) is 0 Å². The molecule has 0 N–H and O–H groups in total. The Bertz CT molecular complexity index is 645. The number of nitro groups is 1. The number of non-ortho nitro benzene ring substituents is 1. The van der Waals surface area contributed by atoms with Gasteiger partial charge in [-0.3, -0.25) is 10.1 Å². The second-order valence-electron chi connectivity index (χ2n) is 4.69. The standard InChI is InChI=1S/C15H14Cl2N2O2/c1-18(10-11-2-4-13(17)5-3-11)15-7-6-14(19(20)21)8-12(15)9-16/h2-8H,9-10H2,1H3. The van der Waals surface area contributed by atoms with Gasteiger partial charge in [-0.25, -0.2) is 0 Å². The highest BCUT2D eigenvalue weighted by atomic mass is 35.5. The molecule has 0 amide bonds. The highest BCUT2D eigenvalue weighted by Gasteiger charge is 2.13. The van der Waals surface area contributed by atoms with Gasteiger partial charge in [-0.2, -0.15) is 0 Å². The SMILES string of the molecule is CN(Cc1ccc(Cl)cc1)c1ccc([N+](=O)[O-])cc1CCl. The van der Waals surface area contributed by atoms with E-state index < -0.39 is 4.92 Å². The fourth-order valence-electron chi connectivity index (χ4n) is 2.11. The van der Waals surface area contributed by atoms with Crippen molar-refractivity contribution >= 4 is 34.6 Å². The summed E-state index contributed by atoms with van der Waals surface area (Å²) in [4.78, 5) is 12.4. The molecule has 0 aliphatic heterocycles. The molecule has 0 aromatic heterocycles. The summed E-state index contributed by atoms with van der Waals surface area (Å²) in [6.07, 6.45) is 0. The van der Waals surface area contributed by atoms with E-state index in [0.29, 0.717) is 11.6 Å². The van der Waals surface area contributed by atoms with Crippen molar-refractivity contribution in [3.05, 3.63) is 68.7 Å². The lowest BCUT2D eigenvalue weighted by Gasteiger charge is -2.22. The van der Waals surface area contributed by atoms with E-state index in [1.807, 2.05) is 36.2 Å². The lowest BCUT2D eigenvalue weighted by molar-refractivity contribution is -0.384. The monoisotopic (exact) mass is 324 g/mol. The quantitative estimate of drug-likeness (QED) is 0.458. The molecule has 0 unspecified atom stereocenters. The van der Waals surface area contributed by atoms with Gasteiger partial charge in [0.05, 0.1) is 4.92 Å². The summed E-state index contributed by atoms with van der Waals surface area (Å²) in [6, 6.07) is 12.3. The number of alkyl halides is 1. The van der Waals surface area contributed by atoms with Crippen LogP contribution in [-0.2, 0) is 12.4 Å². The number of nitro benzene ring substituents is 1. The summed E-state index contributed by atoms with van der Waals surface area (Å²) in [5.74, 6) is 0.224. The third-order valence-electron chi connectivity index (χ3n) is 3.16. The molecule has 0 radical (unpaired) electrons. The van der Waals surface area contributed by atoms with Crippen molar-refractivity contribution < 1.29 is 4.92 Å². The number of anilines is 1. The summed E-state index contributed by atoms with van der Waals surface area (Å²) in [7, 11) is 1.92. The van der Waals surface area contributed by atoms with Crippen LogP contribution in [0.25, 0.3) is 0 Å². The first-order valence-electron chi connectivity index (χ1n) is 6.30. The van der Waals surface area contributed by atoms with Gasteiger partial charge in [-0.15, -0.1) is 11.6 Å². The van der Waals surface area contributed by atoms with Crippen molar-refractivity contribution in [2.24, 2.45) is 0 Å². The molecule has 0 spiro atoms. The third kappa shape index (κ3) is 3.86. The molecule has 0 aliphatic carbocycles. The Balaban J connectivity index is 2.23. The molecule has 0 atom stereocenters. The molecule has 0 heterocycles. The van der Waals surface area contributed by atoms with E-state index in [9.17, 15) is 10.1 Å². The fourth-order valence-corrected chi connectivity index (χ4v) is 2.45. The molecular formula is C15H14Cl2N2O2. The van der Waals surface area contributed by atoms with Gasteiger partial charge in [0.2, 0.25) is 0 Å². The molecule has 0 fully saturated rings. The van der Waals surface area contributed by atoms with E-state index in [4.69, 9.17) is 23.2 Å². The van der Waals surface area contributed by atoms with Crippen molar-refractivity contribution in [2.75, 3.05) is 11.9 Å². The normalized spacial score (nSPS) is 10.4. The number of rotatable bonds is 5. The Kier molecular flexibility index (Phi) is 5.04. The van der Waals surface area contributed by atoms with Crippen LogP contribution >= 0.6 is 23.2 Å². The van der Waals surface area contributed by atoms with Gasteiger partial charge in [0.25, 0.3) is 5.69 Å². The van der Waals surface area contributed by atoms with E-state index in [1.54, 1.807) is 6.07 Å². The first-order valence-corrected chi connectivity index (χ1v) is 7.21. The van der Waals surface area contributed by atoms with E-state index >= 15 is 0 Å². The molecule has 0 aliphatic rings. The minimum atomic E-state index is -0.418. The zero-order valence-corrected chi connectivity index (χ0v) is 12.9. The summed E-state index contributed by atoms with van der Waals surface area (Å²) >= 11 is 11.8. The fraction of sp³-hybridized carbons (Fsp3) is 0.200. The highest BCUT2D eigenvalue weighted by Crippen LogP contribution is 2.27. The van der Waals surface area contributed by atoms with Crippen LogP contribution in [0, 0.1) is 10.1 Å². The highest BCUT2D eigenvalue weighted by molar-refractivity contribution is 6.30. The van der Waals surface area contributed by atoms with E-state index in [2.05, 4.69) is 0 Å². The lowest BCUT2D eigenvalue weighted by Crippen LogP contribution is -2.17. The smallest absolute Gasteiger partial charge is 0.269 e. The Morgan fingerprint density at radius 1 is 1.19 bits per heavy atom. The van der Waals surface area contributed by atoms with E-state index in [0.717, 1.165) is 16.8 Å². The van der Waals surface area contributed by atoms with Gasteiger partial charge in [0, 0.05) is 42.3 Å². The van der Waals surface area contributed by atoms with Gasteiger partial charge in [0.15, 0.2) is 0 Å². The minimum Gasteiger partial charge on any atom is -0.370 e. The predicted molar refractivity (Wildman–Crippen MR) is 86.2 cm³/mol. The third-order valence-corrected chi connectivity index (χ3v) is 3.70. The van der Waals surface area contributed by atoms with E-state index in [1.165, 1.54) is 12.1 Å². The maximum atomic E-state index is 10.8. The van der Waals surface area contributed by atoms with Gasteiger partial charge in [0.1, 0.15) is 0 Å². The number of nitrogens with zero attached hydrogens (tertiary/aromatic N) is 2.